The van der Waals surface area contributed by atoms with Crippen LogP contribution in [0.15, 0.2) is 48.5 Å². The molecule has 0 radical (unpaired) electrons. The lowest BCUT2D eigenvalue weighted by molar-refractivity contribution is -0.121. The summed E-state index contributed by atoms with van der Waals surface area (Å²) in [5.41, 5.74) is 8.39. The molecule has 0 saturated heterocycles. The first kappa shape index (κ1) is 20.3. The quantitative estimate of drug-likeness (QED) is 0.792. The number of amides is 1. The number of nitrogens with one attached hydrogen (secondary N) is 1. The van der Waals surface area contributed by atoms with Gasteiger partial charge in [0.25, 0.3) is 0 Å². The molecule has 3 rings (SSSR count). The van der Waals surface area contributed by atoms with Gasteiger partial charge >= 0.3 is 0 Å². The molecule has 2 aromatic carbocycles. The number of nitrogens with two attached hydrogens (primary N) is 1. The third-order valence-corrected chi connectivity index (χ3v) is 4.98. The van der Waals surface area contributed by atoms with Crippen LogP contribution < -0.4 is 15.8 Å². The highest BCUT2D eigenvalue weighted by Crippen LogP contribution is 2.30. The molecule has 2 aromatic rings. The molecule has 0 aliphatic heterocycles. The van der Waals surface area contributed by atoms with Crippen LogP contribution in [0.5, 0.6) is 5.75 Å². The summed E-state index contributed by atoms with van der Waals surface area (Å²) in [5.74, 6) is 0.703. The number of halogens is 1. The van der Waals surface area contributed by atoms with E-state index in [0.717, 1.165) is 48.2 Å². The average Bonchev–Trinajstić information content (AvgIpc) is 3.06. The summed E-state index contributed by atoms with van der Waals surface area (Å²) in [6, 6.07) is 15.8. The van der Waals surface area contributed by atoms with Crippen LogP contribution in [-0.2, 0) is 4.79 Å². The SMILES string of the molecule is Cc1cc(OC(C)c2ccccc2)ccc1NC(=O)C1(N)CCCC1.Cl. The summed E-state index contributed by atoms with van der Waals surface area (Å²) in [6.45, 7) is 3.99. The van der Waals surface area contributed by atoms with Crippen molar-refractivity contribution in [3.05, 3.63) is 59.7 Å². The molecule has 3 N–H and O–H groups in total. The molecular weight excluding hydrogens is 348 g/mol. The molecule has 1 aliphatic carbocycles. The van der Waals surface area contributed by atoms with E-state index in [1.54, 1.807) is 0 Å². The molecule has 1 fully saturated rings. The molecule has 1 atom stereocenters. The Bertz CT molecular complexity index is 743. The maximum Gasteiger partial charge on any atom is 0.244 e. The first-order valence-electron chi connectivity index (χ1n) is 8.90. The number of hydrogen-bond donors (Lipinski definition) is 2. The molecule has 0 heterocycles. The molecule has 26 heavy (non-hydrogen) atoms. The van der Waals surface area contributed by atoms with Crippen LogP contribution >= 0.6 is 12.4 Å². The fourth-order valence-corrected chi connectivity index (χ4v) is 3.33. The van der Waals surface area contributed by atoms with Crippen LogP contribution in [0.1, 0.15) is 49.8 Å². The number of benzene rings is 2. The van der Waals surface area contributed by atoms with Crippen LogP contribution in [0.25, 0.3) is 0 Å². The second kappa shape index (κ2) is 8.56. The molecule has 0 spiro atoms. The Hall–Kier alpha value is -2.04. The number of hydrogen-bond acceptors (Lipinski definition) is 3. The van der Waals surface area contributed by atoms with Crippen molar-refractivity contribution in [3.63, 3.8) is 0 Å². The highest BCUT2D eigenvalue weighted by Gasteiger charge is 2.37. The summed E-state index contributed by atoms with van der Waals surface area (Å²) < 4.78 is 6.02. The summed E-state index contributed by atoms with van der Waals surface area (Å²) >= 11 is 0. The summed E-state index contributed by atoms with van der Waals surface area (Å²) in [7, 11) is 0. The molecule has 140 valence electrons. The molecule has 1 amide bonds. The van der Waals surface area contributed by atoms with Gasteiger partial charge in [-0.3, -0.25) is 4.79 Å². The van der Waals surface area contributed by atoms with E-state index in [4.69, 9.17) is 10.5 Å². The lowest BCUT2D eigenvalue weighted by Crippen LogP contribution is -2.48. The zero-order valence-corrected chi connectivity index (χ0v) is 16.1. The van der Waals surface area contributed by atoms with Crippen molar-refractivity contribution in [3.8, 4) is 5.75 Å². The van der Waals surface area contributed by atoms with Crippen molar-refractivity contribution < 1.29 is 9.53 Å². The van der Waals surface area contributed by atoms with Gasteiger partial charge in [0.15, 0.2) is 0 Å². The molecule has 0 bridgehead atoms. The lowest BCUT2D eigenvalue weighted by atomic mass is 9.98. The van der Waals surface area contributed by atoms with Crippen molar-refractivity contribution in [2.45, 2.75) is 51.2 Å². The van der Waals surface area contributed by atoms with Gasteiger partial charge in [0, 0.05) is 5.69 Å². The normalized spacial score (nSPS) is 16.4. The van der Waals surface area contributed by atoms with Crippen molar-refractivity contribution in [1.29, 1.82) is 0 Å². The second-order valence-corrected chi connectivity index (χ2v) is 6.96. The minimum absolute atomic E-state index is 0. The smallest absolute Gasteiger partial charge is 0.244 e. The highest BCUT2D eigenvalue weighted by molar-refractivity contribution is 5.98. The molecule has 4 nitrogen and oxygen atoms in total. The zero-order valence-electron chi connectivity index (χ0n) is 15.3. The average molecular weight is 375 g/mol. The minimum Gasteiger partial charge on any atom is -0.486 e. The van der Waals surface area contributed by atoms with Crippen molar-refractivity contribution in [2.75, 3.05) is 5.32 Å². The Morgan fingerprint density at radius 1 is 1.15 bits per heavy atom. The largest absolute Gasteiger partial charge is 0.486 e. The highest BCUT2D eigenvalue weighted by atomic mass is 35.5. The Morgan fingerprint density at radius 2 is 1.81 bits per heavy atom. The summed E-state index contributed by atoms with van der Waals surface area (Å²) in [5, 5.41) is 2.99. The van der Waals surface area contributed by atoms with E-state index in [-0.39, 0.29) is 24.4 Å². The molecule has 1 aliphatic rings. The monoisotopic (exact) mass is 374 g/mol. The van der Waals surface area contributed by atoms with Crippen molar-refractivity contribution in [2.24, 2.45) is 5.73 Å². The first-order valence-corrected chi connectivity index (χ1v) is 8.90. The van der Waals surface area contributed by atoms with Crippen LogP contribution in [0, 0.1) is 6.92 Å². The Kier molecular flexibility index (Phi) is 6.68. The van der Waals surface area contributed by atoms with Gasteiger partial charge < -0.3 is 15.8 Å². The molecular formula is C21H27ClN2O2. The van der Waals surface area contributed by atoms with E-state index in [1.165, 1.54) is 0 Å². The van der Waals surface area contributed by atoms with Crippen LogP contribution in [0.4, 0.5) is 5.69 Å². The van der Waals surface area contributed by atoms with E-state index in [9.17, 15) is 4.79 Å². The Balaban J connectivity index is 0.00000243. The first-order chi connectivity index (χ1) is 12.0. The van der Waals surface area contributed by atoms with Crippen LogP contribution in [0.3, 0.4) is 0 Å². The van der Waals surface area contributed by atoms with E-state index >= 15 is 0 Å². The third kappa shape index (κ3) is 4.57. The number of carbonyl (C=O) groups excluding carboxylic acids is 1. The number of aryl methyl sites for hydroxylation is 1. The zero-order chi connectivity index (χ0) is 17.9. The Morgan fingerprint density at radius 3 is 2.42 bits per heavy atom. The predicted molar refractivity (Wildman–Crippen MR) is 108 cm³/mol. The lowest BCUT2D eigenvalue weighted by Gasteiger charge is -2.23. The molecule has 1 unspecified atom stereocenters. The minimum atomic E-state index is -0.719. The van der Waals surface area contributed by atoms with Crippen LogP contribution in [0.2, 0.25) is 0 Å². The predicted octanol–water partition coefficient (Wildman–Crippen LogP) is 4.77. The van der Waals surface area contributed by atoms with Gasteiger partial charge in [0.1, 0.15) is 11.9 Å². The number of anilines is 1. The third-order valence-electron chi connectivity index (χ3n) is 4.98. The van der Waals surface area contributed by atoms with Crippen molar-refractivity contribution in [1.82, 2.24) is 0 Å². The molecule has 5 heteroatoms. The van der Waals surface area contributed by atoms with Crippen LogP contribution in [-0.4, -0.2) is 11.4 Å². The molecule has 0 aromatic heterocycles. The fraction of sp³-hybridized carbons (Fsp3) is 0.381. The Labute approximate surface area is 161 Å². The van der Waals surface area contributed by atoms with Gasteiger partial charge in [-0.15, -0.1) is 12.4 Å². The summed E-state index contributed by atoms with van der Waals surface area (Å²) in [4.78, 5) is 12.5. The van der Waals surface area contributed by atoms with E-state index in [0.29, 0.717) is 0 Å². The standard InChI is InChI=1S/C21H26N2O2.ClH/c1-15-14-18(25-16(2)17-8-4-3-5-9-17)10-11-19(15)23-20(24)21(22)12-6-7-13-21;/h3-5,8-11,14,16H,6-7,12-13,22H2,1-2H3,(H,23,24);1H. The number of carbonyl (C=O) groups is 1. The van der Waals surface area contributed by atoms with Gasteiger partial charge in [-0.2, -0.15) is 0 Å². The number of ether oxygens (including phenoxy) is 1. The van der Waals surface area contributed by atoms with Gasteiger partial charge in [0.2, 0.25) is 5.91 Å². The van der Waals surface area contributed by atoms with Crippen molar-refractivity contribution >= 4 is 24.0 Å². The van der Waals surface area contributed by atoms with Gasteiger partial charge in [0.05, 0.1) is 5.54 Å². The topological polar surface area (TPSA) is 64.3 Å². The molecule has 1 saturated carbocycles. The summed E-state index contributed by atoms with van der Waals surface area (Å²) in [6.07, 6.45) is 3.52. The van der Waals surface area contributed by atoms with Gasteiger partial charge in [-0.05, 0) is 56.0 Å². The van der Waals surface area contributed by atoms with E-state index in [2.05, 4.69) is 17.4 Å². The van der Waals surface area contributed by atoms with E-state index in [1.807, 2.05) is 50.2 Å². The number of rotatable bonds is 5. The second-order valence-electron chi connectivity index (χ2n) is 6.96. The fourth-order valence-electron chi connectivity index (χ4n) is 3.33. The maximum absolute atomic E-state index is 12.5. The van der Waals surface area contributed by atoms with E-state index < -0.39 is 5.54 Å². The maximum atomic E-state index is 12.5. The van der Waals surface area contributed by atoms with Gasteiger partial charge in [-0.25, -0.2) is 0 Å². The van der Waals surface area contributed by atoms with Gasteiger partial charge in [-0.1, -0.05) is 43.2 Å².